The van der Waals surface area contributed by atoms with Gasteiger partial charge in [0.15, 0.2) is 0 Å². The highest BCUT2D eigenvalue weighted by Gasteiger charge is 2.03. The van der Waals surface area contributed by atoms with E-state index in [4.69, 9.17) is 0 Å². The summed E-state index contributed by atoms with van der Waals surface area (Å²) >= 11 is 1.76. The van der Waals surface area contributed by atoms with Crippen molar-refractivity contribution >= 4 is 22.8 Å². The lowest BCUT2D eigenvalue weighted by Crippen LogP contribution is -1.90. The van der Waals surface area contributed by atoms with Gasteiger partial charge in [0.25, 0.3) is 0 Å². The number of aromatic nitrogens is 2. The average Bonchev–Trinajstić information content (AvgIpc) is 2.82. The van der Waals surface area contributed by atoms with Crippen molar-refractivity contribution in [3.63, 3.8) is 0 Å². The molecule has 1 N–H and O–H groups in total. The van der Waals surface area contributed by atoms with Crippen molar-refractivity contribution in [2.45, 2.75) is 11.3 Å². The fourth-order valence-corrected chi connectivity index (χ4v) is 2.43. The molecule has 0 amide bonds. The third-order valence-electron chi connectivity index (χ3n) is 2.97. The van der Waals surface area contributed by atoms with E-state index in [1.165, 1.54) is 10.5 Å². The number of hydrogen-bond acceptors (Lipinski definition) is 2. The fourth-order valence-electron chi connectivity index (χ4n) is 2.03. The summed E-state index contributed by atoms with van der Waals surface area (Å²) in [5.41, 5.74) is 3.42. The average molecular weight is 254 g/mol. The highest BCUT2D eigenvalue weighted by atomic mass is 32.2. The van der Waals surface area contributed by atoms with E-state index >= 15 is 0 Å². The van der Waals surface area contributed by atoms with Crippen LogP contribution in [0.15, 0.2) is 53.4 Å². The number of benzene rings is 2. The van der Waals surface area contributed by atoms with E-state index < -0.39 is 0 Å². The minimum absolute atomic E-state index is 0.851. The Kier molecular flexibility index (Phi) is 3.07. The Hall–Kier alpha value is -1.74. The van der Waals surface area contributed by atoms with Crippen LogP contribution in [0.4, 0.5) is 0 Å². The second-order valence-corrected chi connectivity index (χ2v) is 5.11. The first-order valence-corrected chi connectivity index (χ1v) is 7.14. The molecule has 0 spiro atoms. The minimum atomic E-state index is 0.851. The van der Waals surface area contributed by atoms with E-state index in [0.717, 1.165) is 23.3 Å². The fraction of sp³-hybridized carbons (Fsp3) is 0.133. The first-order valence-electron chi connectivity index (χ1n) is 5.92. The zero-order chi connectivity index (χ0) is 12.4. The Morgan fingerprint density at radius 3 is 2.56 bits per heavy atom. The molecule has 0 fully saturated rings. The number of thioether (sulfide) groups is 1. The maximum Gasteiger partial charge on any atom is 0.111 e. The van der Waals surface area contributed by atoms with Crippen LogP contribution < -0.4 is 0 Å². The highest BCUT2D eigenvalue weighted by Crippen LogP contribution is 2.17. The molecular weight excluding hydrogens is 240 g/mol. The van der Waals surface area contributed by atoms with Crippen LogP contribution in [0.5, 0.6) is 0 Å². The van der Waals surface area contributed by atoms with E-state index in [9.17, 15) is 0 Å². The summed E-state index contributed by atoms with van der Waals surface area (Å²) in [7, 11) is 0. The molecule has 0 saturated heterocycles. The molecule has 2 nitrogen and oxygen atoms in total. The van der Waals surface area contributed by atoms with Crippen molar-refractivity contribution in [1.82, 2.24) is 9.97 Å². The Balaban J connectivity index is 1.86. The predicted octanol–water partition coefficient (Wildman–Crippen LogP) is 3.88. The summed E-state index contributed by atoms with van der Waals surface area (Å²) in [6.07, 6.45) is 2.94. The summed E-state index contributed by atoms with van der Waals surface area (Å²) in [4.78, 5) is 9.24. The maximum absolute atomic E-state index is 4.59. The summed E-state index contributed by atoms with van der Waals surface area (Å²) < 4.78 is 0. The molecule has 0 aliphatic rings. The molecule has 1 aromatic heterocycles. The molecule has 1 heterocycles. The topological polar surface area (TPSA) is 28.7 Å². The van der Waals surface area contributed by atoms with E-state index in [1.54, 1.807) is 11.8 Å². The van der Waals surface area contributed by atoms with Crippen LogP contribution in [0.2, 0.25) is 0 Å². The smallest absolute Gasteiger partial charge is 0.111 e. The normalized spacial score (nSPS) is 10.9. The Morgan fingerprint density at radius 2 is 1.83 bits per heavy atom. The quantitative estimate of drug-likeness (QED) is 0.719. The number of nitrogens with zero attached hydrogens (tertiary/aromatic N) is 1. The Bertz CT molecular complexity index is 623. The molecule has 3 heteroatoms. The lowest BCUT2D eigenvalue weighted by molar-refractivity contribution is 1.04. The van der Waals surface area contributed by atoms with Gasteiger partial charge in [0.2, 0.25) is 0 Å². The number of rotatable bonds is 3. The maximum atomic E-state index is 4.59. The zero-order valence-electron chi connectivity index (χ0n) is 10.2. The van der Waals surface area contributed by atoms with E-state index in [1.807, 2.05) is 18.2 Å². The van der Waals surface area contributed by atoms with E-state index in [0.29, 0.717) is 0 Å². The molecule has 3 rings (SSSR count). The predicted molar refractivity (Wildman–Crippen MR) is 77.1 cm³/mol. The minimum Gasteiger partial charge on any atom is -0.342 e. The summed E-state index contributed by atoms with van der Waals surface area (Å²) in [5, 5.41) is 0. The van der Waals surface area contributed by atoms with Gasteiger partial charge in [0, 0.05) is 11.3 Å². The largest absolute Gasteiger partial charge is 0.342 e. The van der Waals surface area contributed by atoms with Gasteiger partial charge in [-0.15, -0.1) is 11.8 Å². The van der Waals surface area contributed by atoms with Gasteiger partial charge in [-0.05, 0) is 36.1 Å². The van der Waals surface area contributed by atoms with Gasteiger partial charge >= 0.3 is 0 Å². The van der Waals surface area contributed by atoms with Crippen molar-refractivity contribution in [3.8, 4) is 0 Å². The molecule has 2 aromatic carbocycles. The molecule has 0 bridgehead atoms. The summed E-state index contributed by atoms with van der Waals surface area (Å²) in [6, 6.07) is 16.8. The number of hydrogen-bond donors (Lipinski definition) is 1. The molecular formula is C15H14N2S. The number of H-pyrrole nitrogens is 1. The van der Waals surface area contributed by atoms with Gasteiger partial charge in [-0.3, -0.25) is 0 Å². The van der Waals surface area contributed by atoms with E-state index in [-0.39, 0.29) is 0 Å². The summed E-state index contributed by atoms with van der Waals surface area (Å²) in [5.74, 6) is 1.02. The van der Waals surface area contributed by atoms with Crippen molar-refractivity contribution in [2.75, 3.05) is 6.26 Å². The monoisotopic (exact) mass is 254 g/mol. The SMILES string of the molecule is CSc1ccc(Cc2nc3ccccc3[nH]2)cc1. The molecule has 90 valence electrons. The van der Waals surface area contributed by atoms with Crippen LogP contribution in [-0.2, 0) is 6.42 Å². The molecule has 3 aromatic rings. The van der Waals surface area contributed by atoms with Crippen LogP contribution in [0.1, 0.15) is 11.4 Å². The zero-order valence-corrected chi connectivity index (χ0v) is 11.0. The van der Waals surface area contributed by atoms with Crippen LogP contribution in [0, 0.1) is 0 Å². The lowest BCUT2D eigenvalue weighted by Gasteiger charge is -2.00. The van der Waals surface area contributed by atoms with Crippen molar-refractivity contribution in [2.24, 2.45) is 0 Å². The lowest BCUT2D eigenvalue weighted by atomic mass is 10.1. The van der Waals surface area contributed by atoms with E-state index in [2.05, 4.69) is 46.6 Å². The summed E-state index contributed by atoms with van der Waals surface area (Å²) in [6.45, 7) is 0. The molecule has 0 atom stereocenters. The third kappa shape index (κ3) is 2.27. The van der Waals surface area contributed by atoms with Crippen LogP contribution in [0.25, 0.3) is 11.0 Å². The highest BCUT2D eigenvalue weighted by molar-refractivity contribution is 7.98. The molecule has 18 heavy (non-hydrogen) atoms. The van der Waals surface area contributed by atoms with Crippen molar-refractivity contribution in [3.05, 3.63) is 59.9 Å². The standard InChI is InChI=1S/C15H14N2S/c1-18-12-8-6-11(7-9-12)10-15-16-13-4-2-3-5-14(13)17-15/h2-9H,10H2,1H3,(H,16,17). The second kappa shape index (κ2) is 4.86. The molecule has 0 aliphatic carbocycles. The van der Waals surface area contributed by atoms with Gasteiger partial charge in [-0.25, -0.2) is 4.98 Å². The number of aromatic amines is 1. The van der Waals surface area contributed by atoms with Crippen LogP contribution in [-0.4, -0.2) is 16.2 Å². The van der Waals surface area contributed by atoms with Gasteiger partial charge in [-0.2, -0.15) is 0 Å². The number of para-hydroxylation sites is 2. The van der Waals surface area contributed by atoms with Gasteiger partial charge in [0.05, 0.1) is 11.0 Å². The van der Waals surface area contributed by atoms with Crippen LogP contribution in [0.3, 0.4) is 0 Å². The number of imidazole rings is 1. The molecule has 0 aliphatic heterocycles. The number of nitrogens with one attached hydrogen (secondary N) is 1. The Morgan fingerprint density at radius 1 is 1.06 bits per heavy atom. The Labute approximate surface area is 110 Å². The number of fused-ring (bicyclic) bond motifs is 1. The molecule has 0 radical (unpaired) electrons. The van der Waals surface area contributed by atoms with Crippen molar-refractivity contribution in [1.29, 1.82) is 0 Å². The van der Waals surface area contributed by atoms with Crippen LogP contribution >= 0.6 is 11.8 Å². The van der Waals surface area contributed by atoms with Gasteiger partial charge in [0.1, 0.15) is 5.82 Å². The molecule has 0 saturated carbocycles. The molecule has 0 unspecified atom stereocenters. The first-order chi connectivity index (χ1) is 8.85. The van der Waals surface area contributed by atoms with Crippen molar-refractivity contribution < 1.29 is 0 Å². The first kappa shape index (κ1) is 11.4. The van der Waals surface area contributed by atoms with Gasteiger partial charge < -0.3 is 4.98 Å². The third-order valence-corrected chi connectivity index (χ3v) is 3.71. The second-order valence-electron chi connectivity index (χ2n) is 4.23. The van der Waals surface area contributed by atoms with Gasteiger partial charge in [-0.1, -0.05) is 24.3 Å².